The molecule has 3 N–H and O–H groups in total. The van der Waals surface area contributed by atoms with Crippen LogP contribution in [-0.2, 0) is 4.74 Å². The van der Waals surface area contributed by atoms with Crippen molar-refractivity contribution in [3.8, 4) is 0 Å². The maximum Gasteiger partial charge on any atom is 0.191 e. The van der Waals surface area contributed by atoms with Crippen LogP contribution in [-0.4, -0.2) is 48.5 Å². The van der Waals surface area contributed by atoms with Crippen LogP contribution in [0.4, 0.5) is 0 Å². The van der Waals surface area contributed by atoms with Crippen molar-refractivity contribution in [3.63, 3.8) is 0 Å². The summed E-state index contributed by atoms with van der Waals surface area (Å²) in [6, 6.07) is 0.928. The third kappa shape index (κ3) is 4.80. The van der Waals surface area contributed by atoms with Gasteiger partial charge in [-0.25, -0.2) is 0 Å². The summed E-state index contributed by atoms with van der Waals surface area (Å²) in [5.74, 6) is 0.963. The number of nitrogens with one attached hydrogen (secondary N) is 2. The molecule has 0 saturated heterocycles. The van der Waals surface area contributed by atoms with Gasteiger partial charge in [-0.15, -0.1) is 24.0 Å². The van der Waals surface area contributed by atoms with Crippen LogP contribution in [0.15, 0.2) is 4.99 Å². The number of aliphatic imine (C=N–C) groups is 1. The van der Waals surface area contributed by atoms with Gasteiger partial charge in [0.05, 0.1) is 12.2 Å². The molecule has 2 atom stereocenters. The Bertz CT molecular complexity index is 432. The van der Waals surface area contributed by atoms with Crippen LogP contribution in [0.25, 0.3) is 0 Å². The quantitative estimate of drug-likeness (QED) is 0.332. The zero-order valence-electron chi connectivity index (χ0n) is 15.8. The summed E-state index contributed by atoms with van der Waals surface area (Å²) in [5.41, 5.74) is 0.328. The summed E-state index contributed by atoms with van der Waals surface area (Å²) < 4.78 is 6.02. The number of ether oxygens (including phenoxy) is 1. The van der Waals surface area contributed by atoms with Gasteiger partial charge in [-0.2, -0.15) is 0 Å². The Morgan fingerprint density at radius 1 is 1.12 bits per heavy atom. The molecule has 25 heavy (non-hydrogen) atoms. The number of rotatable bonds is 5. The number of nitrogens with zero attached hydrogens (tertiary/aromatic N) is 1. The molecule has 0 radical (unpaired) electrons. The van der Waals surface area contributed by atoms with Gasteiger partial charge in [0.1, 0.15) is 0 Å². The molecular formula is C19H36IN3O2. The van der Waals surface area contributed by atoms with Gasteiger partial charge in [-0.3, -0.25) is 4.99 Å². The van der Waals surface area contributed by atoms with E-state index in [1.54, 1.807) is 0 Å². The van der Waals surface area contributed by atoms with Crippen LogP contribution in [0.1, 0.15) is 71.6 Å². The molecule has 0 amide bonds. The SMILES string of the molecule is CCN=C(NC1CCC(O)CC1)NC1CC(OCC)C12CCCC2.I. The average Bonchev–Trinajstić information content (AvgIpc) is 3.09. The van der Waals surface area contributed by atoms with E-state index in [1.165, 1.54) is 25.7 Å². The van der Waals surface area contributed by atoms with Gasteiger partial charge in [-0.05, 0) is 58.8 Å². The summed E-state index contributed by atoms with van der Waals surface area (Å²) in [4.78, 5) is 4.68. The Labute approximate surface area is 169 Å². The molecular weight excluding hydrogens is 429 g/mol. The molecule has 2 unspecified atom stereocenters. The van der Waals surface area contributed by atoms with E-state index < -0.39 is 0 Å². The van der Waals surface area contributed by atoms with E-state index in [-0.39, 0.29) is 30.1 Å². The van der Waals surface area contributed by atoms with Gasteiger partial charge in [0.25, 0.3) is 0 Å². The first-order chi connectivity index (χ1) is 11.7. The van der Waals surface area contributed by atoms with Gasteiger partial charge in [0.2, 0.25) is 0 Å². The minimum absolute atomic E-state index is 0. The lowest BCUT2D eigenvalue weighted by Gasteiger charge is -2.54. The largest absolute Gasteiger partial charge is 0.393 e. The van der Waals surface area contributed by atoms with Gasteiger partial charge in [0.15, 0.2) is 5.96 Å². The fourth-order valence-electron chi connectivity index (χ4n) is 4.96. The number of halogens is 1. The molecule has 3 saturated carbocycles. The smallest absolute Gasteiger partial charge is 0.191 e. The lowest BCUT2D eigenvalue weighted by Crippen LogP contribution is -2.65. The second-order valence-corrected chi connectivity index (χ2v) is 7.79. The number of hydrogen-bond donors (Lipinski definition) is 3. The fraction of sp³-hybridized carbons (Fsp3) is 0.947. The first kappa shape index (κ1) is 21.2. The Morgan fingerprint density at radius 2 is 1.80 bits per heavy atom. The van der Waals surface area contributed by atoms with Gasteiger partial charge in [0, 0.05) is 30.7 Å². The summed E-state index contributed by atoms with van der Waals surface area (Å²) in [5, 5.41) is 17.0. The normalized spacial score (nSPS) is 34.3. The zero-order chi connectivity index (χ0) is 17.0. The topological polar surface area (TPSA) is 65.9 Å². The van der Waals surface area contributed by atoms with Crippen molar-refractivity contribution < 1.29 is 9.84 Å². The predicted octanol–water partition coefficient (Wildman–Crippen LogP) is 3.20. The van der Waals surface area contributed by atoms with Crippen molar-refractivity contribution in [1.29, 1.82) is 0 Å². The minimum atomic E-state index is -0.108. The second kappa shape index (κ2) is 9.74. The second-order valence-electron chi connectivity index (χ2n) is 7.79. The summed E-state index contributed by atoms with van der Waals surface area (Å²) in [6.07, 6.45) is 10.5. The van der Waals surface area contributed by atoms with Crippen LogP contribution in [0.5, 0.6) is 0 Å². The van der Waals surface area contributed by atoms with E-state index in [1.807, 2.05) is 0 Å². The Kier molecular flexibility index (Phi) is 8.27. The Hall–Kier alpha value is -0.0800. The third-order valence-electron chi connectivity index (χ3n) is 6.35. The molecule has 0 bridgehead atoms. The molecule has 3 rings (SSSR count). The van der Waals surface area contributed by atoms with Crippen molar-refractivity contribution in [2.24, 2.45) is 10.4 Å². The average molecular weight is 465 g/mol. The number of hydrogen-bond acceptors (Lipinski definition) is 3. The number of guanidine groups is 1. The van der Waals surface area contributed by atoms with Crippen LogP contribution in [0, 0.1) is 5.41 Å². The first-order valence-electron chi connectivity index (χ1n) is 10.0. The highest BCUT2D eigenvalue weighted by molar-refractivity contribution is 14.0. The highest BCUT2D eigenvalue weighted by Gasteiger charge is 2.57. The molecule has 5 nitrogen and oxygen atoms in total. The monoisotopic (exact) mass is 465 g/mol. The van der Waals surface area contributed by atoms with Crippen molar-refractivity contribution >= 4 is 29.9 Å². The molecule has 0 heterocycles. The van der Waals surface area contributed by atoms with E-state index in [0.717, 1.165) is 51.2 Å². The van der Waals surface area contributed by atoms with Crippen molar-refractivity contribution in [2.45, 2.75) is 95.9 Å². The Morgan fingerprint density at radius 3 is 2.40 bits per heavy atom. The lowest BCUT2D eigenvalue weighted by molar-refractivity contribution is -0.125. The van der Waals surface area contributed by atoms with Crippen LogP contribution in [0.3, 0.4) is 0 Å². The summed E-state index contributed by atoms with van der Waals surface area (Å²) in [7, 11) is 0. The molecule has 1 spiro atoms. The molecule has 0 aromatic carbocycles. The Balaban J connectivity index is 0.00000225. The summed E-state index contributed by atoms with van der Waals surface area (Å²) in [6.45, 7) is 5.80. The van der Waals surface area contributed by atoms with E-state index in [2.05, 4.69) is 29.5 Å². The van der Waals surface area contributed by atoms with Crippen LogP contribution in [0.2, 0.25) is 0 Å². The molecule has 3 aliphatic rings. The van der Waals surface area contributed by atoms with Crippen molar-refractivity contribution in [1.82, 2.24) is 10.6 Å². The van der Waals surface area contributed by atoms with Crippen LogP contribution >= 0.6 is 24.0 Å². The van der Waals surface area contributed by atoms with Gasteiger partial charge >= 0.3 is 0 Å². The van der Waals surface area contributed by atoms with E-state index >= 15 is 0 Å². The third-order valence-corrected chi connectivity index (χ3v) is 6.35. The fourth-order valence-corrected chi connectivity index (χ4v) is 4.96. The molecule has 3 fully saturated rings. The van der Waals surface area contributed by atoms with Crippen LogP contribution < -0.4 is 10.6 Å². The zero-order valence-corrected chi connectivity index (χ0v) is 18.1. The molecule has 0 aliphatic heterocycles. The first-order valence-corrected chi connectivity index (χ1v) is 10.0. The molecule has 3 aliphatic carbocycles. The summed E-state index contributed by atoms with van der Waals surface area (Å²) >= 11 is 0. The number of aliphatic hydroxyl groups is 1. The molecule has 0 aromatic heterocycles. The van der Waals surface area contributed by atoms with Gasteiger partial charge < -0.3 is 20.5 Å². The maximum atomic E-state index is 9.69. The lowest BCUT2D eigenvalue weighted by atomic mass is 9.60. The van der Waals surface area contributed by atoms with E-state index in [9.17, 15) is 5.11 Å². The molecule has 0 aromatic rings. The van der Waals surface area contributed by atoms with E-state index in [4.69, 9.17) is 4.74 Å². The van der Waals surface area contributed by atoms with E-state index in [0.29, 0.717) is 23.6 Å². The standard InChI is InChI=1S/C19H35N3O2.HI/c1-3-20-18(21-14-7-9-15(23)10-8-14)22-16-13-17(24-4-2)19(16)11-5-6-12-19;/h14-17,23H,3-13H2,1-2H3,(H2,20,21,22);1H. The predicted molar refractivity (Wildman–Crippen MR) is 113 cm³/mol. The highest BCUT2D eigenvalue weighted by Crippen LogP contribution is 2.54. The van der Waals surface area contributed by atoms with Crippen molar-refractivity contribution in [2.75, 3.05) is 13.2 Å². The highest BCUT2D eigenvalue weighted by atomic mass is 127. The van der Waals surface area contributed by atoms with Crippen molar-refractivity contribution in [3.05, 3.63) is 0 Å². The van der Waals surface area contributed by atoms with Gasteiger partial charge in [-0.1, -0.05) is 12.8 Å². The maximum absolute atomic E-state index is 9.69. The number of aliphatic hydroxyl groups excluding tert-OH is 1. The molecule has 146 valence electrons. The molecule has 6 heteroatoms. The minimum Gasteiger partial charge on any atom is -0.393 e.